The molecule has 130 valence electrons. The summed E-state index contributed by atoms with van der Waals surface area (Å²) in [5, 5.41) is 13.1. The average Bonchev–Trinajstić information content (AvgIpc) is 2.83. The molecule has 10 heteroatoms. The van der Waals surface area contributed by atoms with Crippen LogP contribution in [-0.4, -0.2) is 54.0 Å². The maximum absolute atomic E-state index is 12.9. The van der Waals surface area contributed by atoms with Crippen molar-refractivity contribution in [2.75, 3.05) is 11.5 Å². The van der Waals surface area contributed by atoms with Gasteiger partial charge in [0.05, 0.1) is 23.7 Å². The Morgan fingerprint density at radius 1 is 1.29 bits per heavy atom. The summed E-state index contributed by atoms with van der Waals surface area (Å²) < 4.78 is 23.4. The molecule has 2 saturated heterocycles. The minimum Gasteiger partial charge on any atom is -0.390 e. The van der Waals surface area contributed by atoms with Crippen LogP contribution in [0.4, 0.5) is 4.79 Å². The van der Waals surface area contributed by atoms with E-state index in [1.54, 1.807) is 0 Å². The molecule has 3 atom stereocenters. The normalized spacial score (nSPS) is 32.2. The number of sulfone groups is 1. The van der Waals surface area contributed by atoms with Crippen molar-refractivity contribution in [2.24, 2.45) is 0 Å². The van der Waals surface area contributed by atoms with E-state index in [0.717, 1.165) is 4.90 Å². The molecule has 0 bridgehead atoms. The van der Waals surface area contributed by atoms with Crippen LogP contribution in [0.15, 0.2) is 18.2 Å². The maximum atomic E-state index is 12.9. The number of carbonyl (C=O) groups is 2. The molecule has 1 aromatic carbocycles. The van der Waals surface area contributed by atoms with Gasteiger partial charge in [0.25, 0.3) is 5.91 Å². The Morgan fingerprint density at radius 3 is 2.50 bits per heavy atom. The van der Waals surface area contributed by atoms with Gasteiger partial charge in [0, 0.05) is 15.6 Å². The van der Waals surface area contributed by atoms with Crippen LogP contribution in [0.3, 0.4) is 0 Å². The third kappa shape index (κ3) is 2.67. The number of benzene rings is 1. The quantitative estimate of drug-likeness (QED) is 0.728. The van der Waals surface area contributed by atoms with Crippen molar-refractivity contribution >= 4 is 45.0 Å². The summed E-state index contributed by atoms with van der Waals surface area (Å²) in [6.07, 6.45) is -1.31. The second-order valence-electron chi connectivity index (χ2n) is 6.07. The number of hydrogen-bond acceptors (Lipinski definition) is 5. The highest BCUT2D eigenvalue weighted by molar-refractivity contribution is 7.91. The van der Waals surface area contributed by atoms with E-state index in [4.69, 9.17) is 23.2 Å². The Hall–Kier alpha value is -1.35. The summed E-state index contributed by atoms with van der Waals surface area (Å²) in [7, 11) is -3.51. The minimum atomic E-state index is -3.51. The lowest BCUT2D eigenvalue weighted by Crippen LogP contribution is -2.48. The number of rotatable bonds is 2. The molecule has 3 amide bonds. The van der Waals surface area contributed by atoms with Gasteiger partial charge < -0.3 is 10.4 Å². The van der Waals surface area contributed by atoms with Crippen LogP contribution in [-0.2, 0) is 20.2 Å². The molecule has 2 heterocycles. The average molecular weight is 393 g/mol. The van der Waals surface area contributed by atoms with Crippen molar-refractivity contribution in [3.05, 3.63) is 33.8 Å². The zero-order valence-corrected chi connectivity index (χ0v) is 14.8. The SMILES string of the molecule is C[C@]1(c2ccc(Cl)cc2Cl)NC(=O)N([C@@H]2CS(=O)(=O)C[C@@H]2O)C1=O. The maximum Gasteiger partial charge on any atom is 0.325 e. The van der Waals surface area contributed by atoms with E-state index >= 15 is 0 Å². The number of hydrogen-bond donors (Lipinski definition) is 2. The van der Waals surface area contributed by atoms with Gasteiger partial charge in [-0.25, -0.2) is 13.2 Å². The van der Waals surface area contributed by atoms with Gasteiger partial charge >= 0.3 is 6.03 Å². The highest BCUT2D eigenvalue weighted by atomic mass is 35.5. The number of urea groups is 1. The molecule has 2 aliphatic heterocycles. The first-order valence-electron chi connectivity index (χ1n) is 7.05. The second-order valence-corrected chi connectivity index (χ2v) is 9.06. The van der Waals surface area contributed by atoms with Gasteiger partial charge in [0.15, 0.2) is 9.84 Å². The number of amides is 3. The van der Waals surface area contributed by atoms with Gasteiger partial charge in [-0.05, 0) is 19.1 Å². The molecule has 0 unspecified atom stereocenters. The molecule has 3 rings (SSSR count). The topological polar surface area (TPSA) is 104 Å². The Balaban J connectivity index is 2.00. The van der Waals surface area contributed by atoms with Crippen molar-refractivity contribution in [1.29, 1.82) is 0 Å². The largest absolute Gasteiger partial charge is 0.390 e. The summed E-state index contributed by atoms with van der Waals surface area (Å²) in [5.41, 5.74) is -1.13. The molecule has 0 aromatic heterocycles. The van der Waals surface area contributed by atoms with Crippen molar-refractivity contribution in [1.82, 2.24) is 10.2 Å². The van der Waals surface area contributed by atoms with Gasteiger partial charge in [0.1, 0.15) is 5.54 Å². The molecule has 24 heavy (non-hydrogen) atoms. The van der Waals surface area contributed by atoms with Crippen LogP contribution in [0.2, 0.25) is 10.0 Å². The van der Waals surface area contributed by atoms with E-state index < -0.39 is 51.0 Å². The number of imide groups is 1. The molecular formula is C14H14Cl2N2O5S. The van der Waals surface area contributed by atoms with Gasteiger partial charge in [-0.15, -0.1) is 0 Å². The summed E-state index contributed by atoms with van der Waals surface area (Å²) in [6.45, 7) is 1.47. The van der Waals surface area contributed by atoms with Gasteiger partial charge in [-0.3, -0.25) is 9.69 Å². The summed E-state index contributed by atoms with van der Waals surface area (Å²) >= 11 is 12.0. The Morgan fingerprint density at radius 2 is 1.96 bits per heavy atom. The van der Waals surface area contributed by atoms with Crippen LogP contribution in [0, 0.1) is 0 Å². The highest BCUT2D eigenvalue weighted by Gasteiger charge is 2.55. The van der Waals surface area contributed by atoms with Gasteiger partial charge in [-0.1, -0.05) is 29.3 Å². The zero-order chi connectivity index (χ0) is 17.9. The van der Waals surface area contributed by atoms with Crippen LogP contribution >= 0.6 is 23.2 Å². The number of nitrogens with zero attached hydrogens (tertiary/aromatic N) is 1. The fraction of sp³-hybridized carbons (Fsp3) is 0.429. The molecule has 0 aliphatic carbocycles. The van der Waals surface area contributed by atoms with Crippen LogP contribution < -0.4 is 5.32 Å². The third-order valence-corrected chi connectivity index (χ3v) is 6.56. The summed E-state index contributed by atoms with van der Waals surface area (Å²) in [4.78, 5) is 26.0. The molecule has 2 aliphatic rings. The summed E-state index contributed by atoms with van der Waals surface area (Å²) in [5.74, 6) is -1.61. The molecular weight excluding hydrogens is 379 g/mol. The lowest BCUT2D eigenvalue weighted by Gasteiger charge is -2.26. The van der Waals surface area contributed by atoms with Crippen molar-refractivity contribution in [3.8, 4) is 0 Å². The Kier molecular flexibility index (Phi) is 4.07. The highest BCUT2D eigenvalue weighted by Crippen LogP contribution is 2.36. The van der Waals surface area contributed by atoms with Gasteiger partial charge in [-0.2, -0.15) is 0 Å². The van der Waals surface area contributed by atoms with Crippen molar-refractivity contribution < 1.29 is 23.1 Å². The molecule has 0 saturated carbocycles. The molecule has 2 fully saturated rings. The standard InChI is InChI=1S/C14H14Cl2N2O5S/c1-14(8-3-2-7(15)4-9(8)16)12(20)18(13(21)17-14)10-5-24(22,23)6-11(10)19/h2-4,10-11,19H,5-6H2,1H3,(H,17,21)/t10-,11+,14-/m1/s1. The summed E-state index contributed by atoms with van der Waals surface area (Å²) in [6, 6.07) is 2.62. The Labute approximate surface area is 148 Å². The van der Waals surface area contributed by atoms with E-state index in [2.05, 4.69) is 5.32 Å². The minimum absolute atomic E-state index is 0.195. The zero-order valence-electron chi connectivity index (χ0n) is 12.5. The fourth-order valence-electron chi connectivity index (χ4n) is 3.10. The van der Waals surface area contributed by atoms with E-state index in [-0.39, 0.29) is 5.02 Å². The van der Waals surface area contributed by atoms with Gasteiger partial charge in [0.2, 0.25) is 0 Å². The van der Waals surface area contributed by atoms with E-state index in [0.29, 0.717) is 10.6 Å². The van der Waals surface area contributed by atoms with Crippen LogP contribution in [0.5, 0.6) is 0 Å². The first-order valence-corrected chi connectivity index (χ1v) is 9.63. The van der Waals surface area contributed by atoms with Crippen LogP contribution in [0.1, 0.15) is 12.5 Å². The molecule has 1 aromatic rings. The lowest BCUT2D eigenvalue weighted by molar-refractivity contribution is -0.133. The van der Waals surface area contributed by atoms with Crippen molar-refractivity contribution in [2.45, 2.75) is 24.6 Å². The molecule has 2 N–H and O–H groups in total. The van der Waals surface area contributed by atoms with Crippen molar-refractivity contribution in [3.63, 3.8) is 0 Å². The lowest BCUT2D eigenvalue weighted by atomic mass is 9.91. The number of nitrogens with one attached hydrogen (secondary N) is 1. The smallest absolute Gasteiger partial charge is 0.325 e. The number of halogens is 2. The fourth-order valence-corrected chi connectivity index (χ4v) is 5.46. The monoisotopic (exact) mass is 392 g/mol. The predicted octanol–water partition coefficient (Wildman–Crippen LogP) is 0.918. The van der Waals surface area contributed by atoms with Crippen LogP contribution in [0.25, 0.3) is 0 Å². The Bertz CT molecular complexity index is 844. The number of aliphatic hydroxyl groups excluding tert-OH is 1. The third-order valence-electron chi connectivity index (χ3n) is 4.32. The second kappa shape index (κ2) is 5.59. The molecule has 0 radical (unpaired) electrons. The molecule has 7 nitrogen and oxygen atoms in total. The first kappa shape index (κ1) is 17.5. The van der Waals surface area contributed by atoms with E-state index in [1.165, 1.54) is 25.1 Å². The number of carbonyl (C=O) groups excluding carboxylic acids is 2. The number of aliphatic hydroxyl groups is 1. The van der Waals surface area contributed by atoms with E-state index in [9.17, 15) is 23.1 Å². The first-order chi connectivity index (χ1) is 11.0. The molecule has 0 spiro atoms. The predicted molar refractivity (Wildman–Crippen MR) is 87.6 cm³/mol. The van der Waals surface area contributed by atoms with E-state index in [1.807, 2.05) is 0 Å².